The van der Waals surface area contributed by atoms with E-state index >= 15 is 0 Å². The van der Waals surface area contributed by atoms with Crippen LogP contribution in [0.5, 0.6) is 5.75 Å². The highest BCUT2D eigenvalue weighted by molar-refractivity contribution is 5.86. The summed E-state index contributed by atoms with van der Waals surface area (Å²) in [7, 11) is 0. The number of aryl methyl sites for hydroxylation is 1. The summed E-state index contributed by atoms with van der Waals surface area (Å²) in [5.74, 6) is 0.862. The third kappa shape index (κ3) is 3.55. The van der Waals surface area contributed by atoms with Gasteiger partial charge in [0.05, 0.1) is 6.21 Å². The van der Waals surface area contributed by atoms with Gasteiger partial charge < -0.3 is 9.94 Å². The monoisotopic (exact) mass is 293 g/mol. The van der Waals surface area contributed by atoms with Crippen LogP contribution in [0.4, 0.5) is 0 Å². The van der Waals surface area contributed by atoms with E-state index in [9.17, 15) is 0 Å². The van der Waals surface area contributed by atoms with Crippen molar-refractivity contribution in [2.45, 2.75) is 25.9 Å². The molecule has 0 unspecified atom stereocenters. The third-order valence-corrected chi connectivity index (χ3v) is 3.84. The van der Waals surface area contributed by atoms with Crippen molar-refractivity contribution < 1.29 is 9.94 Å². The molecule has 3 heteroatoms. The van der Waals surface area contributed by atoms with Gasteiger partial charge in [-0.05, 0) is 59.7 Å². The molecule has 2 aromatic carbocycles. The fourth-order valence-corrected chi connectivity index (χ4v) is 2.70. The van der Waals surface area contributed by atoms with E-state index < -0.39 is 0 Å². The summed E-state index contributed by atoms with van der Waals surface area (Å²) >= 11 is 0. The molecular formula is C19H19NO2. The minimum absolute atomic E-state index is 0.564. The van der Waals surface area contributed by atoms with Crippen LogP contribution in [0.2, 0.25) is 0 Å². The van der Waals surface area contributed by atoms with Crippen molar-refractivity contribution in [3.8, 4) is 5.75 Å². The first-order valence-corrected chi connectivity index (χ1v) is 7.53. The predicted molar refractivity (Wildman–Crippen MR) is 88.4 cm³/mol. The number of hydrogen-bond donors (Lipinski definition) is 1. The van der Waals surface area contributed by atoms with Crippen molar-refractivity contribution in [2.75, 3.05) is 0 Å². The molecule has 0 amide bonds. The van der Waals surface area contributed by atoms with Crippen molar-refractivity contribution in [1.82, 2.24) is 0 Å². The van der Waals surface area contributed by atoms with E-state index in [1.54, 1.807) is 0 Å². The smallest absolute Gasteiger partial charge is 0.120 e. The Balaban J connectivity index is 1.79. The molecule has 0 bridgehead atoms. The summed E-state index contributed by atoms with van der Waals surface area (Å²) < 4.78 is 5.88. The topological polar surface area (TPSA) is 41.8 Å². The average Bonchev–Trinajstić information content (AvgIpc) is 2.75. The fraction of sp³-hybridized carbons (Fsp3) is 0.211. The standard InChI is InChI=1S/C19H19NO2/c21-20-13-16-7-4-8-17-9-10-19(12-18(17)11-16)22-14-15-5-2-1-3-6-15/h1-3,5-6,9-13,21H,4,7-8,14H2. The predicted octanol–water partition coefficient (Wildman–Crippen LogP) is 4.45. The van der Waals surface area contributed by atoms with Crippen molar-refractivity contribution in [3.05, 3.63) is 70.8 Å². The molecule has 0 fully saturated rings. The van der Waals surface area contributed by atoms with Crippen molar-refractivity contribution in [3.63, 3.8) is 0 Å². The van der Waals surface area contributed by atoms with Crippen LogP contribution in [0, 0.1) is 0 Å². The minimum Gasteiger partial charge on any atom is -0.489 e. The van der Waals surface area contributed by atoms with Gasteiger partial charge in [-0.2, -0.15) is 0 Å². The van der Waals surface area contributed by atoms with Gasteiger partial charge >= 0.3 is 0 Å². The van der Waals surface area contributed by atoms with Crippen LogP contribution in [-0.2, 0) is 13.0 Å². The maximum absolute atomic E-state index is 8.73. The van der Waals surface area contributed by atoms with Crippen LogP contribution in [0.15, 0.2) is 59.3 Å². The third-order valence-electron chi connectivity index (χ3n) is 3.84. The molecule has 1 aliphatic carbocycles. The second-order valence-corrected chi connectivity index (χ2v) is 5.45. The molecule has 112 valence electrons. The first-order chi connectivity index (χ1) is 10.8. The lowest BCUT2D eigenvalue weighted by molar-refractivity contribution is 0.306. The van der Waals surface area contributed by atoms with Gasteiger partial charge in [0, 0.05) is 0 Å². The highest BCUT2D eigenvalue weighted by Gasteiger charge is 2.09. The van der Waals surface area contributed by atoms with Crippen molar-refractivity contribution in [1.29, 1.82) is 0 Å². The van der Waals surface area contributed by atoms with Crippen molar-refractivity contribution in [2.24, 2.45) is 5.16 Å². The van der Waals surface area contributed by atoms with E-state index in [1.165, 1.54) is 11.8 Å². The summed E-state index contributed by atoms with van der Waals surface area (Å²) in [6.45, 7) is 0.564. The van der Waals surface area contributed by atoms with Crippen LogP contribution >= 0.6 is 0 Å². The Kier molecular flexibility index (Phi) is 4.54. The lowest BCUT2D eigenvalue weighted by Crippen LogP contribution is -1.96. The number of fused-ring (bicyclic) bond motifs is 1. The Labute approximate surface area is 130 Å². The highest BCUT2D eigenvalue weighted by Crippen LogP contribution is 2.26. The summed E-state index contributed by atoms with van der Waals surface area (Å²) in [6.07, 6.45) is 6.63. The maximum Gasteiger partial charge on any atom is 0.120 e. The van der Waals surface area contributed by atoms with Crippen LogP contribution < -0.4 is 4.74 Å². The van der Waals surface area contributed by atoms with Crippen LogP contribution in [-0.4, -0.2) is 11.4 Å². The highest BCUT2D eigenvalue weighted by atomic mass is 16.5. The van der Waals surface area contributed by atoms with Crippen molar-refractivity contribution >= 4 is 12.3 Å². The zero-order valence-corrected chi connectivity index (χ0v) is 12.4. The molecule has 0 spiro atoms. The first kappa shape index (κ1) is 14.4. The second kappa shape index (κ2) is 6.94. The Morgan fingerprint density at radius 3 is 2.77 bits per heavy atom. The molecule has 2 aromatic rings. The van der Waals surface area contributed by atoms with Gasteiger partial charge in [0.15, 0.2) is 0 Å². The summed E-state index contributed by atoms with van der Waals surface area (Å²) in [5.41, 5.74) is 4.66. The van der Waals surface area contributed by atoms with E-state index in [4.69, 9.17) is 9.94 Å². The number of hydrogen-bond acceptors (Lipinski definition) is 3. The second-order valence-electron chi connectivity index (χ2n) is 5.45. The van der Waals surface area contributed by atoms with Gasteiger partial charge in [-0.15, -0.1) is 0 Å². The van der Waals surface area contributed by atoms with E-state index in [2.05, 4.69) is 35.5 Å². The fourth-order valence-electron chi connectivity index (χ4n) is 2.70. The van der Waals surface area contributed by atoms with Crippen LogP contribution in [0.3, 0.4) is 0 Å². The average molecular weight is 293 g/mol. The van der Waals surface area contributed by atoms with Gasteiger partial charge in [0.25, 0.3) is 0 Å². The number of ether oxygens (including phenoxy) is 1. The van der Waals surface area contributed by atoms with Crippen LogP contribution in [0.25, 0.3) is 6.08 Å². The molecule has 1 aliphatic rings. The molecular weight excluding hydrogens is 274 g/mol. The normalized spacial score (nSPS) is 14.3. The molecule has 0 aromatic heterocycles. The SMILES string of the molecule is ON=CC1=Cc2cc(OCc3ccccc3)ccc2CCC1. The van der Waals surface area contributed by atoms with Gasteiger partial charge in [-0.3, -0.25) is 0 Å². The number of allylic oxidation sites excluding steroid dienone is 1. The number of oxime groups is 1. The number of rotatable bonds is 4. The lowest BCUT2D eigenvalue weighted by atomic mass is 10.0. The number of nitrogens with zero attached hydrogens (tertiary/aromatic N) is 1. The lowest BCUT2D eigenvalue weighted by Gasteiger charge is -2.09. The quantitative estimate of drug-likeness (QED) is 0.514. The number of benzene rings is 2. The van der Waals surface area contributed by atoms with Gasteiger partial charge in [-0.25, -0.2) is 0 Å². The zero-order valence-electron chi connectivity index (χ0n) is 12.4. The molecule has 3 nitrogen and oxygen atoms in total. The maximum atomic E-state index is 8.73. The molecule has 3 rings (SSSR count). The van der Waals surface area contributed by atoms with E-state index in [0.717, 1.165) is 41.7 Å². The van der Waals surface area contributed by atoms with E-state index in [-0.39, 0.29) is 0 Å². The van der Waals surface area contributed by atoms with E-state index in [1.807, 2.05) is 24.3 Å². The molecule has 0 atom stereocenters. The van der Waals surface area contributed by atoms with Crippen LogP contribution in [0.1, 0.15) is 29.5 Å². The largest absolute Gasteiger partial charge is 0.489 e. The Bertz CT molecular complexity index is 690. The molecule has 0 saturated carbocycles. The molecule has 0 saturated heterocycles. The van der Waals surface area contributed by atoms with Gasteiger partial charge in [0.1, 0.15) is 12.4 Å². The Morgan fingerprint density at radius 1 is 1.09 bits per heavy atom. The van der Waals surface area contributed by atoms with E-state index in [0.29, 0.717) is 6.61 Å². The molecule has 0 aliphatic heterocycles. The first-order valence-electron chi connectivity index (χ1n) is 7.53. The Morgan fingerprint density at radius 2 is 1.95 bits per heavy atom. The summed E-state index contributed by atoms with van der Waals surface area (Å²) in [5, 5.41) is 11.9. The molecule has 22 heavy (non-hydrogen) atoms. The summed E-state index contributed by atoms with van der Waals surface area (Å²) in [6, 6.07) is 16.4. The molecule has 1 N–H and O–H groups in total. The minimum atomic E-state index is 0.564. The molecule has 0 heterocycles. The van der Waals surface area contributed by atoms with Gasteiger partial charge in [0.2, 0.25) is 0 Å². The molecule has 0 radical (unpaired) electrons. The zero-order chi connectivity index (χ0) is 15.2. The van der Waals surface area contributed by atoms with Gasteiger partial charge in [-0.1, -0.05) is 41.6 Å². The Hall–Kier alpha value is -2.55. The summed E-state index contributed by atoms with van der Waals surface area (Å²) in [4.78, 5) is 0.